The van der Waals surface area contributed by atoms with E-state index in [0.29, 0.717) is 5.41 Å². The summed E-state index contributed by atoms with van der Waals surface area (Å²) in [5.74, 6) is 0.784. The lowest BCUT2D eigenvalue weighted by Crippen LogP contribution is -2.10. The van der Waals surface area contributed by atoms with Crippen molar-refractivity contribution in [2.75, 3.05) is 0 Å². The summed E-state index contributed by atoms with van der Waals surface area (Å²) in [7, 11) is 0. The number of thiophene rings is 1. The maximum absolute atomic E-state index is 2.35. The van der Waals surface area contributed by atoms with Crippen molar-refractivity contribution >= 4 is 11.3 Å². The molecule has 0 aliphatic heterocycles. The normalized spacial score (nSPS) is 27.0. The van der Waals surface area contributed by atoms with Crippen LogP contribution < -0.4 is 0 Å². The molecule has 0 amide bonds. The topological polar surface area (TPSA) is 0 Å². The molecule has 1 aliphatic carbocycles. The quantitative estimate of drug-likeness (QED) is 0.553. The highest BCUT2D eigenvalue weighted by atomic mass is 32.1. The minimum Gasteiger partial charge on any atom is -0.148 e. The van der Waals surface area contributed by atoms with Gasteiger partial charge >= 0.3 is 0 Å². The van der Waals surface area contributed by atoms with Gasteiger partial charge in [0.25, 0.3) is 0 Å². The van der Waals surface area contributed by atoms with Crippen molar-refractivity contribution in [3.8, 4) is 0 Å². The van der Waals surface area contributed by atoms with E-state index in [-0.39, 0.29) is 0 Å². The SMILES string of the molecule is CC1CC(C)(C)c2sccc21. The summed E-state index contributed by atoms with van der Waals surface area (Å²) in [4.78, 5) is 1.62. The van der Waals surface area contributed by atoms with Gasteiger partial charge in [0.05, 0.1) is 0 Å². The molecule has 0 radical (unpaired) electrons. The molecule has 1 aromatic rings. The molecular weight excluding hydrogens is 152 g/mol. The molecule has 0 bridgehead atoms. The zero-order valence-electron chi connectivity index (χ0n) is 7.35. The van der Waals surface area contributed by atoms with E-state index < -0.39 is 0 Å². The molecule has 0 aromatic carbocycles. The largest absolute Gasteiger partial charge is 0.148 e. The summed E-state index contributed by atoms with van der Waals surface area (Å²) >= 11 is 1.92. The van der Waals surface area contributed by atoms with Gasteiger partial charge in [0.15, 0.2) is 0 Å². The lowest BCUT2D eigenvalue weighted by molar-refractivity contribution is 0.495. The molecule has 0 N–H and O–H groups in total. The van der Waals surface area contributed by atoms with Crippen molar-refractivity contribution in [2.45, 2.75) is 38.5 Å². The predicted molar refractivity (Wildman–Crippen MR) is 50.4 cm³/mol. The second-order valence-corrected chi connectivity index (χ2v) is 5.11. The first kappa shape index (κ1) is 7.35. The number of hydrogen-bond acceptors (Lipinski definition) is 1. The Bertz CT molecular complexity index is 270. The molecule has 1 aromatic heterocycles. The standard InChI is InChI=1S/C10H14S/c1-7-6-10(2,3)9-8(7)4-5-11-9/h4-5,7H,6H2,1-3H3. The average Bonchev–Trinajstić information content (AvgIpc) is 2.37. The van der Waals surface area contributed by atoms with Crippen molar-refractivity contribution in [3.63, 3.8) is 0 Å². The van der Waals surface area contributed by atoms with E-state index >= 15 is 0 Å². The van der Waals surface area contributed by atoms with E-state index in [2.05, 4.69) is 32.2 Å². The third-order valence-corrected chi connectivity index (χ3v) is 3.95. The van der Waals surface area contributed by atoms with Crippen LogP contribution in [0.2, 0.25) is 0 Å². The molecule has 0 saturated heterocycles. The highest BCUT2D eigenvalue weighted by molar-refractivity contribution is 7.10. The maximum Gasteiger partial charge on any atom is 0.0136 e. The highest BCUT2D eigenvalue weighted by Crippen LogP contribution is 2.47. The molecule has 11 heavy (non-hydrogen) atoms. The zero-order chi connectivity index (χ0) is 8.06. The summed E-state index contributed by atoms with van der Waals surface area (Å²) in [6, 6.07) is 2.29. The first-order chi connectivity index (χ1) is 5.11. The Hall–Kier alpha value is -0.300. The van der Waals surface area contributed by atoms with Crippen LogP contribution in [0, 0.1) is 0 Å². The van der Waals surface area contributed by atoms with E-state index in [1.807, 2.05) is 11.3 Å². The summed E-state index contributed by atoms with van der Waals surface area (Å²) in [5, 5.41) is 2.22. The van der Waals surface area contributed by atoms with Crippen LogP contribution in [0.25, 0.3) is 0 Å². The van der Waals surface area contributed by atoms with Gasteiger partial charge in [-0.05, 0) is 34.8 Å². The third-order valence-electron chi connectivity index (χ3n) is 2.66. The molecule has 1 atom stereocenters. The summed E-state index contributed by atoms with van der Waals surface area (Å²) < 4.78 is 0. The molecule has 1 unspecified atom stereocenters. The Balaban J connectivity index is 2.54. The van der Waals surface area contributed by atoms with Gasteiger partial charge in [-0.2, -0.15) is 0 Å². The average molecular weight is 166 g/mol. The van der Waals surface area contributed by atoms with Gasteiger partial charge < -0.3 is 0 Å². The van der Waals surface area contributed by atoms with Crippen LogP contribution in [-0.4, -0.2) is 0 Å². The van der Waals surface area contributed by atoms with Gasteiger partial charge in [-0.15, -0.1) is 11.3 Å². The minimum atomic E-state index is 0.447. The first-order valence-electron chi connectivity index (χ1n) is 4.19. The lowest BCUT2D eigenvalue weighted by atomic mass is 9.91. The Morgan fingerprint density at radius 2 is 2.27 bits per heavy atom. The predicted octanol–water partition coefficient (Wildman–Crippen LogP) is 3.53. The van der Waals surface area contributed by atoms with E-state index in [4.69, 9.17) is 0 Å². The van der Waals surface area contributed by atoms with E-state index in [0.717, 1.165) is 5.92 Å². The second kappa shape index (κ2) is 2.10. The first-order valence-corrected chi connectivity index (χ1v) is 5.07. The molecule has 1 aliphatic rings. The zero-order valence-corrected chi connectivity index (χ0v) is 8.16. The molecule has 0 fully saturated rings. The van der Waals surface area contributed by atoms with Crippen LogP contribution in [0.5, 0.6) is 0 Å². The van der Waals surface area contributed by atoms with E-state index in [1.165, 1.54) is 6.42 Å². The monoisotopic (exact) mass is 166 g/mol. The van der Waals surface area contributed by atoms with Crippen molar-refractivity contribution < 1.29 is 0 Å². The van der Waals surface area contributed by atoms with Crippen molar-refractivity contribution in [3.05, 3.63) is 21.9 Å². The fourth-order valence-corrected chi connectivity index (χ4v) is 3.38. The van der Waals surface area contributed by atoms with Crippen LogP contribution >= 0.6 is 11.3 Å². The van der Waals surface area contributed by atoms with Crippen molar-refractivity contribution in [1.29, 1.82) is 0 Å². The van der Waals surface area contributed by atoms with Gasteiger partial charge in [-0.1, -0.05) is 20.8 Å². The van der Waals surface area contributed by atoms with Crippen LogP contribution in [0.15, 0.2) is 11.4 Å². The second-order valence-electron chi connectivity index (χ2n) is 4.19. The van der Waals surface area contributed by atoms with E-state index in [9.17, 15) is 0 Å². The van der Waals surface area contributed by atoms with Crippen LogP contribution in [0.4, 0.5) is 0 Å². The Morgan fingerprint density at radius 1 is 1.55 bits per heavy atom. The number of hydrogen-bond donors (Lipinski definition) is 0. The number of rotatable bonds is 0. The van der Waals surface area contributed by atoms with Crippen LogP contribution in [0.1, 0.15) is 43.6 Å². The highest BCUT2D eigenvalue weighted by Gasteiger charge is 2.35. The molecule has 1 heteroatoms. The molecular formula is C10H14S. The van der Waals surface area contributed by atoms with Crippen molar-refractivity contribution in [2.24, 2.45) is 0 Å². The lowest BCUT2D eigenvalue weighted by Gasteiger charge is -2.16. The van der Waals surface area contributed by atoms with Gasteiger partial charge in [0, 0.05) is 4.88 Å². The molecule has 60 valence electrons. The molecule has 0 nitrogen and oxygen atoms in total. The van der Waals surface area contributed by atoms with Gasteiger partial charge in [-0.3, -0.25) is 0 Å². The fourth-order valence-electron chi connectivity index (χ4n) is 2.23. The minimum absolute atomic E-state index is 0.447. The Kier molecular flexibility index (Phi) is 1.40. The summed E-state index contributed by atoms with van der Waals surface area (Å²) in [6.45, 7) is 7.04. The smallest absolute Gasteiger partial charge is 0.0136 e. The summed E-state index contributed by atoms with van der Waals surface area (Å²) in [6.07, 6.45) is 1.33. The molecule has 0 saturated carbocycles. The third kappa shape index (κ3) is 0.943. The fraction of sp³-hybridized carbons (Fsp3) is 0.600. The molecule has 1 heterocycles. The molecule has 2 rings (SSSR count). The summed E-state index contributed by atoms with van der Waals surface area (Å²) in [5.41, 5.74) is 2.04. The Morgan fingerprint density at radius 3 is 2.91 bits per heavy atom. The van der Waals surface area contributed by atoms with Gasteiger partial charge in [0.1, 0.15) is 0 Å². The molecule has 0 spiro atoms. The number of fused-ring (bicyclic) bond motifs is 1. The van der Waals surface area contributed by atoms with Gasteiger partial charge in [-0.25, -0.2) is 0 Å². The van der Waals surface area contributed by atoms with Crippen LogP contribution in [0.3, 0.4) is 0 Å². The van der Waals surface area contributed by atoms with E-state index in [1.54, 1.807) is 10.4 Å². The Labute approximate surface area is 72.3 Å². The van der Waals surface area contributed by atoms with Crippen LogP contribution in [-0.2, 0) is 5.41 Å². The maximum atomic E-state index is 2.35. The van der Waals surface area contributed by atoms with Crippen molar-refractivity contribution in [1.82, 2.24) is 0 Å². The van der Waals surface area contributed by atoms with Gasteiger partial charge in [0.2, 0.25) is 0 Å².